The predicted molar refractivity (Wildman–Crippen MR) is 314 cm³/mol. The van der Waals surface area contributed by atoms with Crippen molar-refractivity contribution in [1.29, 1.82) is 0 Å². The highest BCUT2D eigenvalue weighted by molar-refractivity contribution is 7.73. The number of hydrogen-bond donors (Lipinski definition) is 0. The smallest absolute Gasteiger partial charge is 0.241 e. The van der Waals surface area contributed by atoms with Crippen molar-refractivity contribution in [2.75, 3.05) is 0 Å². The van der Waals surface area contributed by atoms with Gasteiger partial charge in [0.1, 0.15) is 7.11 Å². The first-order chi connectivity index (χ1) is 31.9. The van der Waals surface area contributed by atoms with Crippen LogP contribution in [0.4, 0.5) is 0 Å². The molecular weight excluding hydrogens is 897 g/mol. The van der Waals surface area contributed by atoms with Crippen LogP contribution in [-0.4, -0.2) is 30.6 Å². The Morgan fingerprint density at radius 2 is 0.855 bits per heavy atom. The molecule has 368 valence electrons. The van der Waals surface area contributed by atoms with Crippen LogP contribution in [0.3, 0.4) is 0 Å². The van der Waals surface area contributed by atoms with Crippen LogP contribution in [0.2, 0.25) is 58.9 Å². The molecule has 0 saturated heterocycles. The number of rotatable bonds is 12. The van der Waals surface area contributed by atoms with Crippen LogP contribution < -0.4 is 0 Å². The maximum absolute atomic E-state index is 7.87. The van der Waals surface area contributed by atoms with Gasteiger partial charge in [-0.3, -0.25) is 0 Å². The van der Waals surface area contributed by atoms with Crippen molar-refractivity contribution in [2.45, 2.75) is 187 Å². The van der Waals surface area contributed by atoms with Gasteiger partial charge in [-0.05, 0) is 244 Å². The highest BCUT2D eigenvalue weighted by Crippen LogP contribution is 2.64. The minimum Gasteiger partial charge on any atom is -0.546 e. The van der Waals surface area contributed by atoms with Gasteiger partial charge in [0.2, 0.25) is 8.32 Å². The molecule has 0 aliphatic heterocycles. The summed E-state index contributed by atoms with van der Waals surface area (Å²) in [5, 5.41) is 0. The molecule has 0 heterocycles. The molecule has 0 unspecified atom stereocenters. The van der Waals surface area contributed by atoms with Gasteiger partial charge in [0, 0.05) is 16.6 Å². The molecule has 4 saturated carbocycles. The molecule has 4 bridgehead atoms. The fraction of sp³-hybridized carbons (Fsp3) is 0.500. The molecule has 4 aromatic rings. The summed E-state index contributed by atoms with van der Waals surface area (Å²) in [7, 11) is -8.50. The van der Waals surface area contributed by atoms with Crippen molar-refractivity contribution < 1.29 is 4.43 Å². The maximum atomic E-state index is 7.87. The topological polar surface area (TPSA) is 9.23 Å². The Labute approximate surface area is 425 Å². The molecule has 69 heavy (non-hydrogen) atoms. The van der Waals surface area contributed by atoms with Crippen molar-refractivity contribution in [3.63, 3.8) is 0 Å². The average Bonchev–Trinajstić information content (AvgIpc) is 3.15. The number of allylic oxidation sites excluding steroid dienone is 5. The quantitative estimate of drug-likeness (QED) is 0.0595. The van der Waals surface area contributed by atoms with E-state index in [1.54, 1.807) is 0 Å². The summed E-state index contributed by atoms with van der Waals surface area (Å²) < 4.78 is 7.87. The third-order valence-corrected chi connectivity index (χ3v) is 52.8. The summed E-state index contributed by atoms with van der Waals surface area (Å²) >= 11 is 0. The monoisotopic (exact) mass is 987 g/mol. The molecule has 0 N–H and O–H groups in total. The Bertz CT molecular complexity index is 2690. The van der Waals surface area contributed by atoms with Gasteiger partial charge in [0.25, 0.3) is 0 Å². The molecule has 0 amide bonds. The van der Waals surface area contributed by atoms with E-state index in [4.69, 9.17) is 4.43 Å². The van der Waals surface area contributed by atoms with E-state index in [9.17, 15) is 0 Å². The van der Waals surface area contributed by atoms with Gasteiger partial charge in [0.15, 0.2) is 0 Å². The SMILES string of the molecule is Cc1cc(C)c(C#C[Si](/C=C(/C/C(=C\C(=C(/O[Si](C)(C)C)C23CC4CC(CC(C4)C2)C3)c2c(C)cc(C)cc2C)c2c(C)cc(C)cc2C)c2c(C)cc(C)cc2C)([Si](C)(C)C)[Si](C)(C)C)c(C)c1. The van der Waals surface area contributed by atoms with E-state index in [2.05, 4.69) is 214 Å². The van der Waals surface area contributed by atoms with Gasteiger partial charge in [-0.25, -0.2) is 0 Å². The number of benzene rings is 4. The first-order valence-corrected chi connectivity index (χ1v) is 41.1. The molecule has 8 rings (SSSR count). The third kappa shape index (κ3) is 10.9. The molecular formula is C64H90OSi4. The van der Waals surface area contributed by atoms with Gasteiger partial charge in [0.05, 0.1) is 20.9 Å². The second kappa shape index (κ2) is 19.4. The first-order valence-electron chi connectivity index (χ1n) is 26.6. The molecule has 4 fully saturated rings. The van der Waals surface area contributed by atoms with Gasteiger partial charge in [-0.2, -0.15) is 0 Å². The molecule has 4 aliphatic rings. The minimum absolute atomic E-state index is 0.0650. The van der Waals surface area contributed by atoms with E-state index in [1.807, 2.05) is 0 Å². The van der Waals surface area contributed by atoms with Gasteiger partial charge >= 0.3 is 0 Å². The molecule has 1 nitrogen and oxygen atoms in total. The van der Waals surface area contributed by atoms with E-state index in [-0.39, 0.29) is 5.41 Å². The first kappa shape index (κ1) is 53.1. The van der Waals surface area contributed by atoms with Crippen LogP contribution in [0.15, 0.2) is 66.1 Å². The standard InChI is InChI=1S/C64H90OSi4/c1-41-24-45(5)58(46(6)25-41)22-23-69(67(16,17)18,68(19,20)21)40-57(61-49(9)28-43(3)29-50(61)10)35-56(60-47(7)26-42(2)27-48(60)8)36-59(62-51(11)30-44(4)31-52(62)12)63(65-66(13,14)15)64-37-53-32-54(38-64)34-55(33-53)39-64/h24-31,36,40,53-55H,32-35,37-39H2,1-21H3/b56-36+,57-40-,63-59+. The van der Waals surface area contributed by atoms with E-state index in [0.29, 0.717) is 0 Å². The lowest BCUT2D eigenvalue weighted by Gasteiger charge is -2.58. The second-order valence-corrected chi connectivity index (χ2v) is 57.1. The lowest BCUT2D eigenvalue weighted by Crippen LogP contribution is -2.70. The maximum Gasteiger partial charge on any atom is 0.241 e. The number of hydrogen-bond acceptors (Lipinski definition) is 1. The summed E-state index contributed by atoms with van der Waals surface area (Å²) in [6.45, 7) is 51.1. The Hall–Kier alpha value is -3.67. The molecule has 5 heteroatoms. The second-order valence-electron chi connectivity index (χ2n) is 26.3. The van der Waals surface area contributed by atoms with Crippen LogP contribution in [-0.2, 0) is 4.43 Å². The largest absolute Gasteiger partial charge is 0.546 e. The highest BCUT2D eigenvalue weighted by atomic mass is 29.6. The van der Waals surface area contributed by atoms with E-state index in [1.165, 1.54) is 150 Å². The van der Waals surface area contributed by atoms with Crippen molar-refractivity contribution in [2.24, 2.45) is 23.2 Å². The van der Waals surface area contributed by atoms with Crippen LogP contribution >= 0.6 is 0 Å². The van der Waals surface area contributed by atoms with Crippen molar-refractivity contribution in [1.82, 2.24) is 0 Å². The van der Waals surface area contributed by atoms with Crippen molar-refractivity contribution in [3.05, 3.63) is 155 Å². The van der Waals surface area contributed by atoms with Gasteiger partial charge < -0.3 is 4.43 Å². The van der Waals surface area contributed by atoms with Gasteiger partial charge in [-0.15, -0.1) is 5.54 Å². The normalized spacial score (nSPS) is 21.3. The highest BCUT2D eigenvalue weighted by Gasteiger charge is 2.55. The fourth-order valence-electron chi connectivity index (χ4n) is 14.9. The molecule has 0 radical (unpaired) electrons. The predicted octanol–water partition coefficient (Wildman–Crippen LogP) is 18.1. The van der Waals surface area contributed by atoms with E-state index >= 15 is 0 Å². The lowest BCUT2D eigenvalue weighted by atomic mass is 9.48. The fourth-order valence-corrected chi connectivity index (χ4v) is 54.2. The summed E-state index contributed by atoms with van der Waals surface area (Å²) in [4.78, 5) is 0. The van der Waals surface area contributed by atoms with Crippen LogP contribution in [0.25, 0.3) is 16.7 Å². The van der Waals surface area contributed by atoms with E-state index < -0.39 is 30.6 Å². The Balaban J connectivity index is 1.66. The van der Waals surface area contributed by atoms with Gasteiger partial charge in [-0.1, -0.05) is 122 Å². The third-order valence-electron chi connectivity index (χ3n) is 16.6. The summed E-state index contributed by atoms with van der Waals surface area (Å²) in [5.41, 5.74) is 33.2. The van der Waals surface area contributed by atoms with Crippen molar-refractivity contribution >= 4 is 47.3 Å². The zero-order valence-corrected chi connectivity index (χ0v) is 51.4. The average molecular weight is 988 g/mol. The molecule has 4 aromatic carbocycles. The van der Waals surface area contributed by atoms with Crippen molar-refractivity contribution in [3.8, 4) is 11.5 Å². The zero-order valence-electron chi connectivity index (χ0n) is 47.4. The minimum atomic E-state index is -2.48. The summed E-state index contributed by atoms with van der Waals surface area (Å²) in [6, 6.07) is 19.3. The number of aryl methyl sites for hydroxylation is 12. The zero-order chi connectivity index (χ0) is 50.9. The Morgan fingerprint density at radius 3 is 1.22 bits per heavy atom. The molecule has 0 aromatic heterocycles. The summed E-state index contributed by atoms with van der Waals surface area (Å²) in [6.07, 6.45) is 11.6. The van der Waals surface area contributed by atoms with Crippen LogP contribution in [0, 0.1) is 118 Å². The lowest BCUT2D eigenvalue weighted by molar-refractivity contribution is -0.0477. The van der Waals surface area contributed by atoms with Crippen LogP contribution in [0.5, 0.6) is 0 Å². The van der Waals surface area contributed by atoms with Crippen LogP contribution in [0.1, 0.15) is 134 Å². The molecule has 4 aliphatic carbocycles. The molecule has 0 atom stereocenters. The molecule has 0 spiro atoms. The Morgan fingerprint density at radius 1 is 0.507 bits per heavy atom. The van der Waals surface area contributed by atoms with E-state index in [0.717, 1.165) is 24.2 Å². The summed E-state index contributed by atoms with van der Waals surface area (Å²) in [5.74, 6) is 7.79. The Kier molecular flexibility index (Phi) is 14.9.